The number of amidine groups is 1. The molecule has 1 aromatic rings. The minimum atomic E-state index is -3.26. The van der Waals surface area contributed by atoms with Crippen molar-refractivity contribution in [3.8, 4) is 0 Å². The fourth-order valence-electron chi connectivity index (χ4n) is 6.74. The van der Waals surface area contributed by atoms with E-state index >= 15 is 0 Å². The van der Waals surface area contributed by atoms with E-state index in [0.29, 0.717) is 35.7 Å². The maximum atomic E-state index is 15.0. The highest BCUT2D eigenvalue weighted by atomic mass is 32.3. The molecule has 2 fully saturated rings. The van der Waals surface area contributed by atoms with Gasteiger partial charge in [-0.25, -0.2) is 0 Å². The van der Waals surface area contributed by atoms with Gasteiger partial charge >= 0.3 is 0 Å². The molecule has 1 aliphatic carbocycles. The average molecular weight is 472 g/mol. The van der Waals surface area contributed by atoms with Gasteiger partial charge in [-0.3, -0.25) is 18.8 Å². The third-order valence-corrected chi connectivity index (χ3v) is 13.9. The number of rotatable bonds is 4. The van der Waals surface area contributed by atoms with Crippen molar-refractivity contribution in [1.29, 1.82) is 0 Å². The van der Waals surface area contributed by atoms with Crippen LogP contribution in [0.4, 0.5) is 0 Å². The largest absolute Gasteiger partial charge is 0.355 e. The molecule has 0 aromatic heterocycles. The molecule has 2 bridgehead atoms. The molecule has 2 N–H and O–H groups in total. The second-order valence-corrected chi connectivity index (χ2v) is 15.3. The van der Waals surface area contributed by atoms with E-state index in [4.69, 9.17) is 4.99 Å². The van der Waals surface area contributed by atoms with E-state index in [0.717, 1.165) is 41.5 Å². The molecule has 3 heterocycles. The van der Waals surface area contributed by atoms with Crippen LogP contribution in [-0.4, -0.2) is 51.7 Å². The Kier molecular flexibility index (Phi) is 5.54. The fourth-order valence-corrected chi connectivity index (χ4v) is 11.9. The van der Waals surface area contributed by atoms with E-state index in [9.17, 15) is 13.8 Å². The molecule has 1 saturated carbocycles. The number of hydrogen-bond acceptors (Lipinski definition) is 4. The molecule has 7 heteroatoms. The Morgan fingerprint density at radius 1 is 1.18 bits per heavy atom. The Bertz CT molecular complexity index is 1090. The van der Waals surface area contributed by atoms with Gasteiger partial charge in [0.25, 0.3) is 11.8 Å². The molecule has 6 nitrogen and oxygen atoms in total. The number of fused-ring (bicyclic) bond motifs is 3. The highest BCUT2D eigenvalue weighted by Crippen LogP contribution is 2.51. The van der Waals surface area contributed by atoms with E-state index in [1.165, 1.54) is 37.7 Å². The number of nitrogens with one attached hydrogen (secondary N) is 2. The van der Waals surface area contributed by atoms with Crippen LogP contribution in [0.5, 0.6) is 0 Å². The minimum Gasteiger partial charge on any atom is -0.355 e. The lowest BCUT2D eigenvalue weighted by Crippen LogP contribution is -2.57. The zero-order chi connectivity index (χ0) is 23.3. The van der Waals surface area contributed by atoms with Gasteiger partial charge in [0.1, 0.15) is 11.4 Å². The van der Waals surface area contributed by atoms with E-state index < -0.39 is 14.6 Å². The quantitative estimate of drug-likeness (QED) is 0.704. The van der Waals surface area contributed by atoms with Crippen molar-refractivity contribution >= 4 is 26.7 Å². The van der Waals surface area contributed by atoms with Crippen LogP contribution >= 0.6 is 0 Å². The lowest BCUT2D eigenvalue weighted by molar-refractivity contribution is -0.124. The number of amides is 2. The van der Waals surface area contributed by atoms with Gasteiger partial charge < -0.3 is 10.6 Å². The molecule has 180 valence electrons. The maximum Gasteiger partial charge on any atom is 0.253 e. The van der Waals surface area contributed by atoms with Crippen molar-refractivity contribution in [2.24, 2.45) is 10.9 Å². The summed E-state index contributed by atoms with van der Waals surface area (Å²) in [7, 11) is -1.65. The third kappa shape index (κ3) is 3.67. The molecule has 3 aliphatic heterocycles. The number of aliphatic imine (C=N–C) groups is 1. The SMILES string of the molecule is CNC(=O)c1ccc2c(C)c1S1(=O)(CC2)CCC2(CC1)N=C(CCC1CCCCC1)NC2=O. The summed E-state index contributed by atoms with van der Waals surface area (Å²) in [5.74, 6) is 2.85. The average Bonchev–Trinajstić information content (AvgIpc) is 3.13. The summed E-state index contributed by atoms with van der Waals surface area (Å²) < 4.78 is 15.0. The first-order valence-electron chi connectivity index (χ1n) is 12.6. The van der Waals surface area contributed by atoms with Crippen LogP contribution in [-0.2, 0) is 20.3 Å². The molecule has 1 saturated heterocycles. The highest BCUT2D eigenvalue weighted by molar-refractivity contribution is 8.20. The van der Waals surface area contributed by atoms with Crippen molar-refractivity contribution in [3.05, 3.63) is 28.8 Å². The first kappa shape index (κ1) is 22.8. The van der Waals surface area contributed by atoms with Gasteiger partial charge in [-0.1, -0.05) is 47.2 Å². The molecule has 33 heavy (non-hydrogen) atoms. The summed E-state index contributed by atoms with van der Waals surface area (Å²) in [6.07, 6.45) is 10.3. The van der Waals surface area contributed by atoms with Gasteiger partial charge in [0.2, 0.25) is 0 Å². The smallest absolute Gasteiger partial charge is 0.253 e. The number of hydrogen-bond donors (Lipinski definition) is 2. The fraction of sp³-hybridized carbons (Fsp3) is 0.654. The number of nitrogens with zero attached hydrogens (tertiary/aromatic N) is 1. The third-order valence-electron chi connectivity index (χ3n) is 8.87. The number of carbonyl (C=O) groups is 2. The summed E-state index contributed by atoms with van der Waals surface area (Å²) in [4.78, 5) is 31.5. The molecule has 2 amide bonds. The molecule has 1 aromatic carbocycles. The first-order valence-corrected chi connectivity index (χ1v) is 15.1. The molecule has 0 atom stereocenters. The van der Waals surface area contributed by atoms with Crippen LogP contribution in [0.15, 0.2) is 22.0 Å². The normalized spacial score (nSPS) is 29.2. The zero-order valence-electron chi connectivity index (χ0n) is 20.0. The molecule has 5 rings (SSSR count). The first-order chi connectivity index (χ1) is 15.8. The molecule has 0 unspecified atom stereocenters. The Morgan fingerprint density at radius 2 is 1.91 bits per heavy atom. The Morgan fingerprint density at radius 3 is 2.61 bits per heavy atom. The summed E-state index contributed by atoms with van der Waals surface area (Å²) in [5, 5.41) is 5.79. The minimum absolute atomic E-state index is 0.0175. The summed E-state index contributed by atoms with van der Waals surface area (Å²) in [6, 6.07) is 3.84. The van der Waals surface area contributed by atoms with Crippen LogP contribution in [0.1, 0.15) is 79.3 Å². The highest BCUT2D eigenvalue weighted by Gasteiger charge is 2.55. The zero-order valence-corrected chi connectivity index (χ0v) is 20.8. The van der Waals surface area contributed by atoms with Gasteiger partial charge in [-0.2, -0.15) is 0 Å². The lowest BCUT2D eigenvalue weighted by Gasteiger charge is -2.52. The predicted molar refractivity (Wildman–Crippen MR) is 133 cm³/mol. The van der Waals surface area contributed by atoms with E-state index in [1.54, 1.807) is 7.05 Å². The predicted octanol–water partition coefficient (Wildman–Crippen LogP) is 3.51. The van der Waals surface area contributed by atoms with Crippen molar-refractivity contribution in [2.75, 3.05) is 24.3 Å². The van der Waals surface area contributed by atoms with Gasteiger partial charge in [0, 0.05) is 35.6 Å². The van der Waals surface area contributed by atoms with E-state index in [2.05, 4.69) is 10.6 Å². The van der Waals surface area contributed by atoms with Gasteiger partial charge in [0.15, 0.2) is 0 Å². The van der Waals surface area contributed by atoms with E-state index in [-0.39, 0.29) is 11.8 Å². The second-order valence-electron chi connectivity index (χ2n) is 10.7. The standard InChI is InChI=1S/C26H37N3O3S/c1-18-20-9-10-21(24(30)27-2)23(18)33(32,15-12-20)16-13-26(14-17-33)25(31)28-22(29-26)11-8-19-6-4-3-5-7-19/h9-10,19H,3-8,11-17H2,1-2H3,(H,27,30)(H,28,29,31). The van der Waals surface area contributed by atoms with Crippen LogP contribution in [0.25, 0.3) is 0 Å². The Labute approximate surface area is 196 Å². The number of carbonyl (C=O) groups excluding carboxylic acids is 2. The van der Waals surface area contributed by atoms with Crippen LogP contribution < -0.4 is 10.6 Å². The van der Waals surface area contributed by atoms with Crippen LogP contribution in [0.2, 0.25) is 0 Å². The molecule has 2 spiro atoms. The van der Waals surface area contributed by atoms with Crippen molar-refractivity contribution in [3.63, 3.8) is 0 Å². The van der Waals surface area contributed by atoms with Gasteiger partial charge in [-0.05, 0) is 55.7 Å². The maximum absolute atomic E-state index is 15.0. The topological polar surface area (TPSA) is 87.6 Å². The van der Waals surface area contributed by atoms with Crippen molar-refractivity contribution in [2.45, 2.75) is 81.6 Å². The number of aryl methyl sites for hydroxylation is 1. The summed E-state index contributed by atoms with van der Waals surface area (Å²) in [5.41, 5.74) is 1.95. The molecule has 0 radical (unpaired) electrons. The number of benzene rings is 1. The van der Waals surface area contributed by atoms with Crippen molar-refractivity contribution in [1.82, 2.24) is 10.6 Å². The molecular formula is C26H37N3O3S. The van der Waals surface area contributed by atoms with E-state index in [1.807, 2.05) is 19.1 Å². The van der Waals surface area contributed by atoms with Crippen LogP contribution in [0, 0.1) is 12.8 Å². The second kappa shape index (κ2) is 8.03. The van der Waals surface area contributed by atoms with Gasteiger partial charge in [-0.15, -0.1) is 0 Å². The molecular weight excluding hydrogens is 434 g/mol. The lowest BCUT2D eigenvalue weighted by atomic mass is 9.86. The Hall–Kier alpha value is -2.02. The summed E-state index contributed by atoms with van der Waals surface area (Å²) in [6.45, 7) is 2.01. The molecule has 4 aliphatic rings. The van der Waals surface area contributed by atoms with Crippen molar-refractivity contribution < 1.29 is 13.8 Å². The van der Waals surface area contributed by atoms with Gasteiger partial charge in [0.05, 0.1) is 5.56 Å². The van der Waals surface area contributed by atoms with Crippen LogP contribution in [0.3, 0.4) is 0 Å². The monoisotopic (exact) mass is 471 g/mol. The summed E-state index contributed by atoms with van der Waals surface area (Å²) >= 11 is 0. The Balaban J connectivity index is 1.39.